The number of likely N-dealkylation sites (tertiary alicyclic amines) is 1. The molecule has 0 aromatic rings. The van der Waals surface area contributed by atoms with Crippen molar-refractivity contribution >= 4 is 5.97 Å². The zero-order valence-electron chi connectivity index (χ0n) is 11.4. The summed E-state index contributed by atoms with van der Waals surface area (Å²) in [4.78, 5) is 14.0. The maximum absolute atomic E-state index is 11.6. The van der Waals surface area contributed by atoms with Crippen molar-refractivity contribution in [1.82, 2.24) is 4.90 Å². The van der Waals surface area contributed by atoms with Crippen molar-refractivity contribution in [2.24, 2.45) is 5.41 Å². The van der Waals surface area contributed by atoms with Crippen LogP contribution in [0, 0.1) is 5.41 Å². The van der Waals surface area contributed by atoms with Gasteiger partial charge in [0.2, 0.25) is 0 Å². The Labute approximate surface area is 109 Å². The van der Waals surface area contributed by atoms with E-state index in [4.69, 9.17) is 4.74 Å². The molecule has 1 N–H and O–H groups in total. The second-order valence-corrected chi connectivity index (χ2v) is 5.77. The quantitative estimate of drug-likeness (QED) is 0.836. The van der Waals surface area contributed by atoms with Crippen LogP contribution in [0.5, 0.6) is 0 Å². The van der Waals surface area contributed by atoms with Crippen molar-refractivity contribution in [3.05, 3.63) is 0 Å². The average molecular weight is 255 g/mol. The summed E-state index contributed by atoms with van der Waals surface area (Å²) in [5, 5.41) is 9.57. The van der Waals surface area contributed by atoms with Crippen LogP contribution in [0.1, 0.15) is 45.4 Å². The summed E-state index contributed by atoms with van der Waals surface area (Å²) in [6, 6.07) is 0.567. The molecule has 2 rings (SSSR count). The first-order valence-electron chi connectivity index (χ1n) is 7.23. The van der Waals surface area contributed by atoms with Gasteiger partial charge in [-0.25, -0.2) is 0 Å². The first-order chi connectivity index (χ1) is 8.68. The van der Waals surface area contributed by atoms with E-state index in [0.29, 0.717) is 25.8 Å². The average Bonchev–Trinajstić information content (AvgIpc) is 2.40. The molecule has 104 valence electrons. The van der Waals surface area contributed by atoms with Gasteiger partial charge in [0, 0.05) is 19.2 Å². The third kappa shape index (κ3) is 2.86. The maximum atomic E-state index is 11.6. The van der Waals surface area contributed by atoms with Gasteiger partial charge < -0.3 is 9.84 Å². The lowest BCUT2D eigenvalue weighted by molar-refractivity contribution is -0.160. The van der Waals surface area contributed by atoms with Crippen molar-refractivity contribution in [1.29, 1.82) is 0 Å². The lowest BCUT2D eigenvalue weighted by Gasteiger charge is -2.42. The van der Waals surface area contributed by atoms with E-state index in [2.05, 4.69) is 11.8 Å². The smallest absolute Gasteiger partial charge is 0.313 e. The molecule has 0 aromatic carbocycles. The second-order valence-electron chi connectivity index (χ2n) is 5.77. The fourth-order valence-electron chi connectivity index (χ4n) is 3.33. The van der Waals surface area contributed by atoms with E-state index >= 15 is 0 Å². The highest BCUT2D eigenvalue weighted by atomic mass is 16.5. The van der Waals surface area contributed by atoms with E-state index in [1.54, 1.807) is 0 Å². The number of aliphatic carboxylic acids is 1. The first kappa shape index (κ1) is 13.8. The Balaban J connectivity index is 2.05. The Morgan fingerprint density at radius 2 is 2.28 bits per heavy atom. The van der Waals surface area contributed by atoms with Gasteiger partial charge in [-0.05, 0) is 38.6 Å². The molecular weight excluding hydrogens is 230 g/mol. The minimum Gasteiger partial charge on any atom is -0.481 e. The summed E-state index contributed by atoms with van der Waals surface area (Å²) in [5.74, 6) is -0.678. The summed E-state index contributed by atoms with van der Waals surface area (Å²) in [6.07, 6.45) is 6.45. The summed E-state index contributed by atoms with van der Waals surface area (Å²) >= 11 is 0. The largest absolute Gasteiger partial charge is 0.481 e. The molecule has 2 unspecified atom stereocenters. The highest BCUT2D eigenvalue weighted by Gasteiger charge is 2.43. The molecule has 4 heteroatoms. The predicted molar refractivity (Wildman–Crippen MR) is 69.6 cm³/mol. The van der Waals surface area contributed by atoms with Crippen LogP contribution in [0.15, 0.2) is 0 Å². The predicted octanol–water partition coefficient (Wildman–Crippen LogP) is 2.13. The van der Waals surface area contributed by atoms with E-state index in [9.17, 15) is 9.90 Å². The molecule has 2 heterocycles. The van der Waals surface area contributed by atoms with Crippen LogP contribution in [0.25, 0.3) is 0 Å². The monoisotopic (exact) mass is 255 g/mol. The van der Waals surface area contributed by atoms with Crippen LogP contribution < -0.4 is 0 Å². The minimum atomic E-state index is -0.678. The number of hydrogen-bond donors (Lipinski definition) is 1. The third-order valence-corrected chi connectivity index (χ3v) is 4.50. The van der Waals surface area contributed by atoms with Gasteiger partial charge in [0.05, 0.1) is 6.61 Å². The normalized spacial score (nSPS) is 34.4. The zero-order chi connectivity index (χ0) is 13.0. The highest BCUT2D eigenvalue weighted by Crippen LogP contribution is 2.32. The number of rotatable bonds is 4. The van der Waals surface area contributed by atoms with E-state index in [1.165, 1.54) is 19.3 Å². The molecule has 0 spiro atoms. The van der Waals surface area contributed by atoms with E-state index in [-0.39, 0.29) is 0 Å². The lowest BCUT2D eigenvalue weighted by Crippen LogP contribution is -2.52. The van der Waals surface area contributed by atoms with E-state index < -0.39 is 11.4 Å². The second kappa shape index (κ2) is 6.02. The number of carboxylic acid groups (broad SMARTS) is 1. The summed E-state index contributed by atoms with van der Waals surface area (Å²) in [5.41, 5.74) is -0.664. The van der Waals surface area contributed by atoms with E-state index in [0.717, 1.165) is 25.8 Å². The zero-order valence-corrected chi connectivity index (χ0v) is 11.4. The van der Waals surface area contributed by atoms with Crippen molar-refractivity contribution in [2.75, 3.05) is 26.3 Å². The van der Waals surface area contributed by atoms with Crippen molar-refractivity contribution in [2.45, 2.75) is 51.5 Å². The number of nitrogens with zero attached hydrogens (tertiary/aromatic N) is 1. The lowest BCUT2D eigenvalue weighted by atomic mass is 9.81. The Bertz CT molecular complexity index is 287. The number of hydrogen-bond acceptors (Lipinski definition) is 3. The molecular formula is C14H25NO3. The van der Waals surface area contributed by atoms with Crippen molar-refractivity contribution in [3.8, 4) is 0 Å². The first-order valence-corrected chi connectivity index (χ1v) is 7.23. The van der Waals surface area contributed by atoms with Crippen LogP contribution in [0.2, 0.25) is 0 Å². The summed E-state index contributed by atoms with van der Waals surface area (Å²) < 4.78 is 5.45. The Morgan fingerprint density at radius 3 is 2.89 bits per heavy atom. The molecule has 0 aromatic heterocycles. The number of piperidine rings is 1. The molecule has 2 atom stereocenters. The van der Waals surface area contributed by atoms with Gasteiger partial charge in [-0.15, -0.1) is 0 Å². The van der Waals surface area contributed by atoms with Crippen LogP contribution in [0.3, 0.4) is 0 Å². The van der Waals surface area contributed by atoms with Crippen LogP contribution in [-0.2, 0) is 9.53 Å². The molecule has 4 nitrogen and oxygen atoms in total. The molecule has 18 heavy (non-hydrogen) atoms. The highest BCUT2D eigenvalue weighted by molar-refractivity contribution is 5.75. The minimum absolute atomic E-state index is 0.384. The third-order valence-electron chi connectivity index (χ3n) is 4.50. The molecule has 0 radical (unpaired) electrons. The standard InChI is InChI=1S/C14H25NO3/c1-2-12-6-3-4-8-15(12)10-14(13(16)17)7-5-9-18-11-14/h12H,2-11H2,1H3,(H,16,17). The van der Waals surface area contributed by atoms with Crippen LogP contribution in [0.4, 0.5) is 0 Å². The number of ether oxygens (including phenoxy) is 1. The summed E-state index contributed by atoms with van der Waals surface area (Å²) in [6.45, 7) is 5.02. The van der Waals surface area contributed by atoms with Gasteiger partial charge in [0.1, 0.15) is 5.41 Å². The SMILES string of the molecule is CCC1CCCCN1CC1(C(=O)O)CCCOC1. The molecule has 0 bridgehead atoms. The molecule has 0 saturated carbocycles. The van der Waals surface area contributed by atoms with Crippen molar-refractivity contribution < 1.29 is 14.6 Å². The Morgan fingerprint density at radius 1 is 1.44 bits per heavy atom. The molecule has 2 saturated heterocycles. The fourth-order valence-corrected chi connectivity index (χ4v) is 3.33. The van der Waals surface area contributed by atoms with Crippen LogP contribution in [-0.4, -0.2) is 48.3 Å². The fraction of sp³-hybridized carbons (Fsp3) is 0.929. The van der Waals surface area contributed by atoms with Crippen LogP contribution >= 0.6 is 0 Å². The van der Waals surface area contributed by atoms with Gasteiger partial charge in [-0.2, -0.15) is 0 Å². The Kier molecular flexibility index (Phi) is 4.62. The van der Waals surface area contributed by atoms with Crippen molar-refractivity contribution in [3.63, 3.8) is 0 Å². The maximum Gasteiger partial charge on any atom is 0.313 e. The van der Waals surface area contributed by atoms with Gasteiger partial charge in [0.15, 0.2) is 0 Å². The molecule has 2 aliphatic heterocycles. The molecule has 2 aliphatic rings. The van der Waals surface area contributed by atoms with Gasteiger partial charge in [-0.3, -0.25) is 9.69 Å². The van der Waals surface area contributed by atoms with Gasteiger partial charge >= 0.3 is 5.97 Å². The number of carboxylic acids is 1. The molecule has 0 aliphatic carbocycles. The van der Waals surface area contributed by atoms with Gasteiger partial charge in [-0.1, -0.05) is 13.3 Å². The summed E-state index contributed by atoms with van der Waals surface area (Å²) in [7, 11) is 0. The number of carbonyl (C=O) groups is 1. The molecule has 2 fully saturated rings. The van der Waals surface area contributed by atoms with Gasteiger partial charge in [0.25, 0.3) is 0 Å². The van der Waals surface area contributed by atoms with E-state index in [1.807, 2.05) is 0 Å². The Hall–Kier alpha value is -0.610. The topological polar surface area (TPSA) is 49.8 Å². The molecule has 0 amide bonds.